The molecule has 2 aliphatic rings. The van der Waals surface area contributed by atoms with Crippen molar-refractivity contribution in [1.82, 2.24) is 9.80 Å². The summed E-state index contributed by atoms with van der Waals surface area (Å²) in [6.07, 6.45) is 0. The molecule has 0 aliphatic carbocycles. The van der Waals surface area contributed by atoms with Crippen molar-refractivity contribution in [2.45, 2.75) is 39.8 Å². The molecule has 2 fully saturated rings. The molecule has 2 rings (SSSR count). The number of hydrogen-bond acceptors (Lipinski definition) is 3. The Bertz CT molecular complexity index is 171. The van der Waals surface area contributed by atoms with E-state index in [9.17, 15) is 0 Å². The van der Waals surface area contributed by atoms with Crippen LogP contribution < -0.4 is 0 Å². The third-order valence-electron chi connectivity index (χ3n) is 3.34. The number of hydrogen-bond donors (Lipinski definition) is 0. The minimum atomic E-state index is 0.722. The first-order chi connectivity index (χ1) is 7.31. The highest BCUT2D eigenvalue weighted by Crippen LogP contribution is 2.16. The van der Waals surface area contributed by atoms with Gasteiger partial charge in [-0.25, -0.2) is 0 Å². The zero-order valence-electron chi connectivity index (χ0n) is 10.7. The summed E-state index contributed by atoms with van der Waals surface area (Å²) in [7, 11) is 0. The molecule has 0 radical (unpaired) electrons. The number of rotatable bonds is 2. The molecule has 0 aromatic heterocycles. The standard InChI is InChI=1S/C10H20N2O.C2H6/c1-3-11-4-5-12(6-9(11)2)10-7-13-8-10;1-2/h9-10H,3-8H2,1-2H3;1-2H3. The molecular weight excluding hydrogens is 188 g/mol. The van der Waals surface area contributed by atoms with Crippen LogP contribution in [0.2, 0.25) is 0 Å². The molecule has 0 saturated carbocycles. The lowest BCUT2D eigenvalue weighted by Gasteiger charge is -2.45. The molecule has 90 valence electrons. The summed E-state index contributed by atoms with van der Waals surface area (Å²) in [5.41, 5.74) is 0. The van der Waals surface area contributed by atoms with Gasteiger partial charge in [0.25, 0.3) is 0 Å². The number of nitrogens with zero attached hydrogens (tertiary/aromatic N) is 2. The van der Waals surface area contributed by atoms with Crippen molar-refractivity contribution < 1.29 is 4.74 Å². The Kier molecular flexibility index (Phi) is 5.58. The normalized spacial score (nSPS) is 29.2. The minimum absolute atomic E-state index is 0.722. The monoisotopic (exact) mass is 214 g/mol. The Hall–Kier alpha value is -0.120. The number of piperazine rings is 1. The van der Waals surface area contributed by atoms with Gasteiger partial charge in [-0.2, -0.15) is 0 Å². The van der Waals surface area contributed by atoms with E-state index in [0.29, 0.717) is 0 Å². The van der Waals surface area contributed by atoms with Gasteiger partial charge in [0.05, 0.1) is 19.3 Å². The molecule has 1 atom stereocenters. The van der Waals surface area contributed by atoms with Crippen LogP contribution in [-0.2, 0) is 4.74 Å². The maximum atomic E-state index is 5.22. The van der Waals surface area contributed by atoms with E-state index in [1.54, 1.807) is 0 Å². The lowest BCUT2D eigenvalue weighted by Crippen LogP contribution is -2.59. The van der Waals surface area contributed by atoms with Gasteiger partial charge in [-0.1, -0.05) is 20.8 Å². The van der Waals surface area contributed by atoms with E-state index in [4.69, 9.17) is 4.74 Å². The highest BCUT2D eigenvalue weighted by Gasteiger charge is 2.31. The van der Waals surface area contributed by atoms with Crippen LogP contribution in [0.5, 0.6) is 0 Å². The van der Waals surface area contributed by atoms with Crippen molar-refractivity contribution >= 4 is 0 Å². The van der Waals surface area contributed by atoms with Crippen LogP contribution in [0.4, 0.5) is 0 Å². The molecule has 0 spiro atoms. The molecule has 0 aromatic carbocycles. The van der Waals surface area contributed by atoms with Crippen molar-refractivity contribution in [3.8, 4) is 0 Å². The molecule has 1 unspecified atom stereocenters. The summed E-state index contributed by atoms with van der Waals surface area (Å²) in [6, 6.07) is 1.45. The van der Waals surface area contributed by atoms with Gasteiger partial charge in [-0.3, -0.25) is 9.80 Å². The van der Waals surface area contributed by atoms with Gasteiger partial charge < -0.3 is 4.74 Å². The van der Waals surface area contributed by atoms with Gasteiger partial charge >= 0.3 is 0 Å². The highest BCUT2D eigenvalue weighted by atomic mass is 16.5. The third kappa shape index (κ3) is 3.16. The Morgan fingerprint density at radius 3 is 2.27 bits per heavy atom. The molecule has 0 bridgehead atoms. The van der Waals surface area contributed by atoms with E-state index in [-0.39, 0.29) is 0 Å². The van der Waals surface area contributed by atoms with Gasteiger partial charge in [0.1, 0.15) is 0 Å². The van der Waals surface area contributed by atoms with Crippen molar-refractivity contribution in [2.75, 3.05) is 39.4 Å². The van der Waals surface area contributed by atoms with Crippen LogP contribution in [-0.4, -0.2) is 61.3 Å². The molecule has 2 aliphatic heterocycles. The summed E-state index contributed by atoms with van der Waals surface area (Å²) in [4.78, 5) is 5.14. The predicted molar refractivity (Wildman–Crippen MR) is 64.2 cm³/mol. The average Bonchev–Trinajstić information content (AvgIpc) is 2.19. The largest absolute Gasteiger partial charge is 0.378 e. The Morgan fingerprint density at radius 2 is 1.87 bits per heavy atom. The summed E-state index contributed by atoms with van der Waals surface area (Å²) in [5, 5.41) is 0. The maximum absolute atomic E-state index is 5.22. The van der Waals surface area contributed by atoms with Crippen molar-refractivity contribution in [3.05, 3.63) is 0 Å². The maximum Gasteiger partial charge on any atom is 0.0645 e. The van der Waals surface area contributed by atoms with Gasteiger partial charge in [0.2, 0.25) is 0 Å². The van der Waals surface area contributed by atoms with E-state index >= 15 is 0 Å². The fraction of sp³-hybridized carbons (Fsp3) is 1.00. The molecule has 2 saturated heterocycles. The minimum Gasteiger partial charge on any atom is -0.378 e. The lowest BCUT2D eigenvalue weighted by atomic mass is 10.1. The van der Waals surface area contributed by atoms with Crippen LogP contribution in [0.15, 0.2) is 0 Å². The average molecular weight is 214 g/mol. The summed E-state index contributed by atoms with van der Waals surface area (Å²) >= 11 is 0. The topological polar surface area (TPSA) is 15.7 Å². The van der Waals surface area contributed by atoms with Crippen LogP contribution in [0.25, 0.3) is 0 Å². The Morgan fingerprint density at radius 1 is 1.20 bits per heavy atom. The van der Waals surface area contributed by atoms with Crippen LogP contribution in [0, 0.1) is 0 Å². The van der Waals surface area contributed by atoms with Crippen LogP contribution >= 0.6 is 0 Å². The molecule has 0 aromatic rings. The third-order valence-corrected chi connectivity index (χ3v) is 3.34. The summed E-state index contributed by atoms with van der Waals surface area (Å²) in [5.74, 6) is 0. The first kappa shape index (κ1) is 12.9. The fourth-order valence-electron chi connectivity index (χ4n) is 2.26. The quantitative estimate of drug-likeness (QED) is 0.692. The van der Waals surface area contributed by atoms with E-state index in [1.807, 2.05) is 13.8 Å². The molecule has 0 amide bonds. The second kappa shape index (κ2) is 6.46. The van der Waals surface area contributed by atoms with E-state index in [0.717, 1.165) is 25.3 Å². The van der Waals surface area contributed by atoms with Gasteiger partial charge in [0, 0.05) is 25.7 Å². The zero-order valence-corrected chi connectivity index (χ0v) is 10.7. The second-order valence-electron chi connectivity index (χ2n) is 4.16. The number of likely N-dealkylation sites (N-methyl/N-ethyl adjacent to an activating group) is 1. The van der Waals surface area contributed by atoms with Gasteiger partial charge in [0.15, 0.2) is 0 Å². The van der Waals surface area contributed by atoms with Gasteiger partial charge in [-0.15, -0.1) is 0 Å². The summed E-state index contributed by atoms with van der Waals surface area (Å²) < 4.78 is 5.22. The lowest BCUT2D eigenvalue weighted by molar-refractivity contribution is -0.0841. The Balaban J connectivity index is 0.000000531. The molecule has 3 heteroatoms. The molecule has 15 heavy (non-hydrogen) atoms. The predicted octanol–water partition coefficient (Wildman–Crippen LogP) is 1.44. The van der Waals surface area contributed by atoms with Crippen molar-refractivity contribution in [3.63, 3.8) is 0 Å². The SMILES string of the molecule is CC.CCN1CCN(C2COC2)CC1C. The Labute approximate surface area is 94.4 Å². The molecule has 3 nitrogen and oxygen atoms in total. The number of ether oxygens (including phenoxy) is 1. The first-order valence-electron chi connectivity index (χ1n) is 6.37. The van der Waals surface area contributed by atoms with Crippen LogP contribution in [0.3, 0.4) is 0 Å². The highest BCUT2D eigenvalue weighted by molar-refractivity contribution is 4.85. The molecule has 2 heterocycles. The van der Waals surface area contributed by atoms with Crippen LogP contribution in [0.1, 0.15) is 27.7 Å². The van der Waals surface area contributed by atoms with Crippen molar-refractivity contribution in [1.29, 1.82) is 0 Å². The van der Waals surface area contributed by atoms with Gasteiger partial charge in [-0.05, 0) is 13.5 Å². The zero-order chi connectivity index (χ0) is 11.3. The molecule has 0 N–H and O–H groups in total. The van der Waals surface area contributed by atoms with E-state index in [2.05, 4.69) is 23.6 Å². The molecular formula is C12H26N2O. The summed E-state index contributed by atoms with van der Waals surface area (Å²) in [6.45, 7) is 15.4. The van der Waals surface area contributed by atoms with E-state index in [1.165, 1.54) is 26.2 Å². The fourth-order valence-corrected chi connectivity index (χ4v) is 2.26. The second-order valence-corrected chi connectivity index (χ2v) is 4.16. The smallest absolute Gasteiger partial charge is 0.0645 e. The first-order valence-corrected chi connectivity index (χ1v) is 6.37. The van der Waals surface area contributed by atoms with Crippen molar-refractivity contribution in [2.24, 2.45) is 0 Å². The van der Waals surface area contributed by atoms with E-state index < -0.39 is 0 Å².